The lowest BCUT2D eigenvalue weighted by molar-refractivity contribution is -0.117. The van der Waals surface area contributed by atoms with E-state index in [-0.39, 0.29) is 24.1 Å². The van der Waals surface area contributed by atoms with Gasteiger partial charge in [0.2, 0.25) is 0 Å². The molecular formula is C12H16N4O2. The fourth-order valence-corrected chi connectivity index (χ4v) is 2.79. The lowest BCUT2D eigenvalue weighted by Gasteiger charge is -2.52. The number of amides is 1. The van der Waals surface area contributed by atoms with Crippen molar-refractivity contribution in [3.63, 3.8) is 0 Å². The molecule has 0 bridgehead atoms. The molecule has 2 heterocycles. The topological polar surface area (TPSA) is 90.1 Å². The van der Waals surface area contributed by atoms with E-state index in [4.69, 9.17) is 10.5 Å². The summed E-state index contributed by atoms with van der Waals surface area (Å²) in [5.41, 5.74) is 6.58. The van der Waals surface area contributed by atoms with Crippen LogP contribution in [-0.4, -0.2) is 40.9 Å². The number of aromatic nitrogens is 2. The highest BCUT2D eigenvalue weighted by molar-refractivity contribution is 5.94. The lowest BCUT2D eigenvalue weighted by atomic mass is 9.68. The first kappa shape index (κ1) is 11.6. The molecule has 1 aromatic rings. The number of nitrogens with two attached hydrogens (primary N) is 1. The van der Waals surface area contributed by atoms with Crippen LogP contribution in [0.3, 0.4) is 0 Å². The first-order chi connectivity index (χ1) is 8.77. The molecule has 18 heavy (non-hydrogen) atoms. The van der Waals surface area contributed by atoms with Gasteiger partial charge in [-0.05, 0) is 18.9 Å². The van der Waals surface area contributed by atoms with Crippen LogP contribution < -0.4 is 11.1 Å². The van der Waals surface area contributed by atoms with Crippen LogP contribution in [0.25, 0.3) is 0 Å². The smallest absolute Gasteiger partial charge is 0.253 e. The van der Waals surface area contributed by atoms with Gasteiger partial charge in [0, 0.05) is 18.6 Å². The highest BCUT2D eigenvalue weighted by Crippen LogP contribution is 2.37. The average molecular weight is 248 g/mol. The number of nitrogens with one attached hydrogen (secondary N) is 1. The van der Waals surface area contributed by atoms with E-state index in [1.54, 1.807) is 6.07 Å². The van der Waals surface area contributed by atoms with E-state index in [1.165, 1.54) is 12.4 Å². The molecule has 3 rings (SSSR count). The molecule has 1 aromatic heterocycles. The molecule has 4 unspecified atom stereocenters. The highest BCUT2D eigenvalue weighted by Gasteiger charge is 2.51. The third kappa shape index (κ3) is 1.87. The Morgan fingerprint density at radius 2 is 2.39 bits per heavy atom. The Balaban J connectivity index is 1.65. The van der Waals surface area contributed by atoms with Gasteiger partial charge in [-0.3, -0.25) is 4.79 Å². The molecule has 2 aliphatic rings. The fraction of sp³-hybridized carbons (Fsp3) is 0.583. The summed E-state index contributed by atoms with van der Waals surface area (Å²) in [6.07, 6.45) is 5.17. The van der Waals surface area contributed by atoms with Crippen LogP contribution >= 0.6 is 0 Å². The fourth-order valence-electron chi connectivity index (χ4n) is 2.79. The van der Waals surface area contributed by atoms with E-state index in [0.29, 0.717) is 11.5 Å². The Hall–Kier alpha value is -1.53. The second-order valence-corrected chi connectivity index (χ2v) is 4.85. The van der Waals surface area contributed by atoms with Crippen LogP contribution in [0.5, 0.6) is 0 Å². The van der Waals surface area contributed by atoms with Crippen LogP contribution in [-0.2, 0) is 4.74 Å². The van der Waals surface area contributed by atoms with Crippen molar-refractivity contribution in [2.75, 3.05) is 6.61 Å². The number of ether oxygens (including phenoxy) is 1. The van der Waals surface area contributed by atoms with Gasteiger partial charge in [0.1, 0.15) is 0 Å². The predicted octanol–water partition coefficient (Wildman–Crippen LogP) is -0.289. The molecule has 0 radical (unpaired) electrons. The summed E-state index contributed by atoms with van der Waals surface area (Å²) in [5, 5.41) is 10.3. The van der Waals surface area contributed by atoms with Gasteiger partial charge in [0.05, 0.1) is 30.1 Å². The van der Waals surface area contributed by atoms with Crippen molar-refractivity contribution in [1.29, 1.82) is 0 Å². The molecule has 6 heteroatoms. The van der Waals surface area contributed by atoms with Gasteiger partial charge < -0.3 is 15.8 Å². The maximum atomic E-state index is 12.0. The molecule has 0 aromatic carbocycles. The maximum absolute atomic E-state index is 12.0. The summed E-state index contributed by atoms with van der Waals surface area (Å²) < 4.78 is 5.67. The zero-order chi connectivity index (χ0) is 12.5. The largest absolute Gasteiger partial charge is 0.376 e. The standard InChI is InChI=1S/C12H16N4O2/c13-9-8-2-1-5-18-11(8)10(9)16-12(17)7-3-4-14-15-6-7/h3-4,6,8-11H,1-2,5,13H2,(H,16,17). The number of hydrogen-bond acceptors (Lipinski definition) is 5. The van der Waals surface area contributed by atoms with Crippen molar-refractivity contribution in [2.45, 2.75) is 31.0 Å². The minimum absolute atomic E-state index is 0.00551. The Morgan fingerprint density at radius 3 is 3.17 bits per heavy atom. The van der Waals surface area contributed by atoms with Gasteiger partial charge in [0.25, 0.3) is 5.91 Å². The molecule has 1 amide bonds. The molecule has 6 nitrogen and oxygen atoms in total. The van der Waals surface area contributed by atoms with E-state index >= 15 is 0 Å². The molecule has 4 atom stereocenters. The van der Waals surface area contributed by atoms with Crippen molar-refractivity contribution in [2.24, 2.45) is 11.7 Å². The summed E-state index contributed by atoms with van der Waals surface area (Å²) in [6.45, 7) is 0.761. The van der Waals surface area contributed by atoms with Gasteiger partial charge in [-0.1, -0.05) is 0 Å². The monoisotopic (exact) mass is 248 g/mol. The number of carbonyl (C=O) groups is 1. The van der Waals surface area contributed by atoms with Gasteiger partial charge in [0.15, 0.2) is 0 Å². The highest BCUT2D eigenvalue weighted by atomic mass is 16.5. The molecule has 96 valence electrons. The van der Waals surface area contributed by atoms with Gasteiger partial charge in [-0.25, -0.2) is 0 Å². The zero-order valence-electron chi connectivity index (χ0n) is 9.95. The van der Waals surface area contributed by atoms with Crippen LogP contribution in [0, 0.1) is 5.92 Å². The SMILES string of the molecule is NC1C2CCCOC2C1NC(=O)c1ccnnc1. The maximum Gasteiger partial charge on any atom is 0.253 e. The quantitative estimate of drug-likeness (QED) is 0.750. The second kappa shape index (κ2) is 4.62. The van der Waals surface area contributed by atoms with Crippen molar-refractivity contribution in [3.8, 4) is 0 Å². The lowest BCUT2D eigenvalue weighted by Crippen LogP contribution is -2.72. The van der Waals surface area contributed by atoms with Gasteiger partial charge >= 0.3 is 0 Å². The summed E-state index contributed by atoms with van der Waals surface area (Å²) in [6, 6.07) is 1.54. The van der Waals surface area contributed by atoms with Crippen molar-refractivity contribution < 1.29 is 9.53 Å². The predicted molar refractivity (Wildman–Crippen MR) is 63.7 cm³/mol. The number of rotatable bonds is 2. The van der Waals surface area contributed by atoms with Gasteiger partial charge in [-0.2, -0.15) is 10.2 Å². The number of carbonyl (C=O) groups excluding carboxylic acids is 1. The molecule has 1 saturated carbocycles. The normalized spacial score (nSPS) is 34.3. The molecular weight excluding hydrogens is 232 g/mol. The minimum atomic E-state index is -0.169. The molecule has 2 fully saturated rings. The van der Waals surface area contributed by atoms with Gasteiger partial charge in [-0.15, -0.1) is 0 Å². The van der Waals surface area contributed by atoms with Crippen molar-refractivity contribution >= 4 is 5.91 Å². The van der Waals surface area contributed by atoms with Crippen LogP contribution in [0.4, 0.5) is 0 Å². The number of hydrogen-bond donors (Lipinski definition) is 2. The molecule has 1 aliphatic heterocycles. The Kier molecular flexibility index (Phi) is 2.97. The van der Waals surface area contributed by atoms with E-state index in [1.807, 2.05) is 0 Å². The van der Waals surface area contributed by atoms with Crippen LogP contribution in [0.15, 0.2) is 18.5 Å². The summed E-state index contributed by atoms with van der Waals surface area (Å²) in [5.74, 6) is 0.220. The van der Waals surface area contributed by atoms with E-state index in [2.05, 4.69) is 15.5 Å². The summed E-state index contributed by atoms with van der Waals surface area (Å²) in [7, 11) is 0. The number of fused-ring (bicyclic) bond motifs is 1. The minimum Gasteiger partial charge on any atom is -0.376 e. The van der Waals surface area contributed by atoms with E-state index in [0.717, 1.165) is 19.4 Å². The molecule has 1 saturated heterocycles. The third-order valence-corrected chi connectivity index (χ3v) is 3.82. The Morgan fingerprint density at radius 1 is 1.50 bits per heavy atom. The average Bonchev–Trinajstić information content (AvgIpc) is 2.45. The van der Waals surface area contributed by atoms with E-state index in [9.17, 15) is 4.79 Å². The van der Waals surface area contributed by atoms with Crippen molar-refractivity contribution in [3.05, 3.63) is 24.0 Å². The molecule has 1 aliphatic carbocycles. The summed E-state index contributed by atoms with van der Waals surface area (Å²) in [4.78, 5) is 12.0. The Labute approximate surface area is 105 Å². The first-order valence-electron chi connectivity index (χ1n) is 6.22. The third-order valence-electron chi connectivity index (χ3n) is 3.82. The molecule has 0 spiro atoms. The summed E-state index contributed by atoms with van der Waals surface area (Å²) >= 11 is 0. The first-order valence-corrected chi connectivity index (χ1v) is 6.22. The Bertz CT molecular complexity index is 439. The van der Waals surface area contributed by atoms with Crippen LogP contribution in [0.1, 0.15) is 23.2 Å². The second-order valence-electron chi connectivity index (χ2n) is 4.85. The van der Waals surface area contributed by atoms with E-state index < -0.39 is 0 Å². The zero-order valence-corrected chi connectivity index (χ0v) is 9.95. The van der Waals surface area contributed by atoms with Crippen molar-refractivity contribution in [1.82, 2.24) is 15.5 Å². The molecule has 3 N–H and O–H groups in total. The van der Waals surface area contributed by atoms with Crippen LogP contribution in [0.2, 0.25) is 0 Å². The number of nitrogens with zero attached hydrogens (tertiary/aromatic N) is 2.